The van der Waals surface area contributed by atoms with Gasteiger partial charge in [0.1, 0.15) is 5.82 Å². The van der Waals surface area contributed by atoms with Crippen molar-refractivity contribution in [2.45, 2.75) is 39.8 Å². The smallest absolute Gasteiger partial charge is 0.346 e. The van der Waals surface area contributed by atoms with Gasteiger partial charge in [0.15, 0.2) is 0 Å². The van der Waals surface area contributed by atoms with E-state index in [4.69, 9.17) is 0 Å². The molecule has 0 unspecified atom stereocenters. The van der Waals surface area contributed by atoms with Gasteiger partial charge in [-0.3, -0.25) is 4.57 Å². The molecule has 0 bridgehead atoms. The van der Waals surface area contributed by atoms with Gasteiger partial charge in [0, 0.05) is 6.42 Å². The van der Waals surface area contributed by atoms with Gasteiger partial charge in [-0.15, -0.1) is 0 Å². The monoisotopic (exact) mass is 365 g/mol. The van der Waals surface area contributed by atoms with E-state index in [-0.39, 0.29) is 17.3 Å². The van der Waals surface area contributed by atoms with Crippen molar-refractivity contribution < 1.29 is 9.90 Å². The van der Waals surface area contributed by atoms with Gasteiger partial charge in [0.2, 0.25) is 0 Å². The summed E-state index contributed by atoms with van der Waals surface area (Å²) < 4.78 is 3.20. The van der Waals surface area contributed by atoms with Gasteiger partial charge in [-0.05, 0) is 36.6 Å². The third kappa shape index (κ3) is 3.69. The molecule has 0 aliphatic rings. The SMILES string of the molecule is CCc1nn(C(C)C)c(=O)n1Cc1ccc(-c2ccccc2C(=O)O)cc1. The molecule has 140 valence electrons. The van der Waals surface area contributed by atoms with Crippen molar-refractivity contribution in [1.29, 1.82) is 0 Å². The van der Waals surface area contributed by atoms with Crippen molar-refractivity contribution in [3.05, 3.63) is 76.0 Å². The Kier molecular flexibility index (Phi) is 5.26. The van der Waals surface area contributed by atoms with E-state index in [0.29, 0.717) is 18.5 Å². The Labute approximate surface area is 157 Å². The summed E-state index contributed by atoms with van der Waals surface area (Å²) in [5.74, 6) is -0.191. The quantitative estimate of drug-likeness (QED) is 0.724. The fourth-order valence-corrected chi connectivity index (χ4v) is 3.11. The van der Waals surface area contributed by atoms with Crippen LogP contribution in [0.4, 0.5) is 0 Å². The highest BCUT2D eigenvalue weighted by molar-refractivity contribution is 5.95. The van der Waals surface area contributed by atoms with Gasteiger partial charge in [0.25, 0.3) is 0 Å². The summed E-state index contributed by atoms with van der Waals surface area (Å²) in [5.41, 5.74) is 2.63. The van der Waals surface area contributed by atoms with Crippen molar-refractivity contribution in [1.82, 2.24) is 14.3 Å². The number of rotatable bonds is 6. The Balaban J connectivity index is 1.92. The predicted octanol–water partition coefficient (Wildman–Crippen LogP) is 3.60. The molecule has 1 heterocycles. The molecule has 0 atom stereocenters. The number of aromatic nitrogens is 3. The van der Waals surface area contributed by atoms with Gasteiger partial charge in [-0.1, -0.05) is 49.4 Å². The van der Waals surface area contributed by atoms with Crippen molar-refractivity contribution in [2.24, 2.45) is 0 Å². The van der Waals surface area contributed by atoms with Crippen LogP contribution in [0.1, 0.15) is 48.6 Å². The number of carboxylic acid groups (broad SMARTS) is 1. The van der Waals surface area contributed by atoms with Crippen LogP contribution < -0.4 is 5.69 Å². The molecule has 0 aliphatic heterocycles. The third-order valence-corrected chi connectivity index (χ3v) is 4.53. The van der Waals surface area contributed by atoms with E-state index >= 15 is 0 Å². The molecule has 6 nitrogen and oxygen atoms in total. The minimum absolute atomic E-state index is 0.0129. The number of hydrogen-bond donors (Lipinski definition) is 1. The largest absolute Gasteiger partial charge is 0.478 e. The Hall–Kier alpha value is -3.15. The van der Waals surface area contributed by atoms with Crippen LogP contribution in [0.5, 0.6) is 0 Å². The molecule has 6 heteroatoms. The van der Waals surface area contributed by atoms with E-state index in [1.807, 2.05) is 51.1 Å². The van der Waals surface area contributed by atoms with Crippen molar-refractivity contribution >= 4 is 5.97 Å². The molecule has 3 rings (SSSR count). The second-order valence-corrected chi connectivity index (χ2v) is 6.72. The third-order valence-electron chi connectivity index (χ3n) is 4.53. The lowest BCUT2D eigenvalue weighted by atomic mass is 9.99. The number of aromatic carboxylic acids is 1. The van der Waals surface area contributed by atoms with Gasteiger partial charge in [-0.25, -0.2) is 14.3 Å². The summed E-state index contributed by atoms with van der Waals surface area (Å²) in [4.78, 5) is 24.0. The number of hydrogen-bond acceptors (Lipinski definition) is 3. The fraction of sp³-hybridized carbons (Fsp3) is 0.286. The lowest BCUT2D eigenvalue weighted by Crippen LogP contribution is -2.27. The normalized spacial score (nSPS) is 11.1. The van der Waals surface area contributed by atoms with E-state index in [9.17, 15) is 14.7 Å². The minimum atomic E-state index is -0.949. The van der Waals surface area contributed by atoms with Crippen LogP contribution in [0.15, 0.2) is 53.3 Å². The van der Waals surface area contributed by atoms with Crippen LogP contribution in [-0.2, 0) is 13.0 Å². The summed E-state index contributed by atoms with van der Waals surface area (Å²) in [7, 11) is 0. The number of carbonyl (C=O) groups is 1. The standard InChI is InChI=1S/C21H23N3O3/c1-4-19-22-24(14(2)3)21(27)23(19)13-15-9-11-16(12-10-15)17-7-5-6-8-18(17)20(25)26/h5-12,14H,4,13H2,1-3H3,(H,25,26). The summed E-state index contributed by atoms with van der Waals surface area (Å²) in [6.45, 7) is 6.30. The first-order valence-corrected chi connectivity index (χ1v) is 9.02. The van der Waals surface area contributed by atoms with Crippen LogP contribution in [0.2, 0.25) is 0 Å². The number of aryl methyl sites for hydroxylation is 1. The maximum absolute atomic E-state index is 12.6. The molecule has 0 aliphatic carbocycles. The van der Waals surface area contributed by atoms with E-state index in [1.165, 1.54) is 4.68 Å². The zero-order chi connectivity index (χ0) is 19.6. The summed E-state index contributed by atoms with van der Waals surface area (Å²) in [6.07, 6.45) is 0.680. The van der Waals surface area contributed by atoms with E-state index < -0.39 is 5.97 Å². The van der Waals surface area contributed by atoms with Crippen LogP contribution in [-0.4, -0.2) is 25.4 Å². The lowest BCUT2D eigenvalue weighted by molar-refractivity contribution is 0.0697. The first-order chi connectivity index (χ1) is 12.9. The van der Waals surface area contributed by atoms with E-state index in [0.717, 1.165) is 17.0 Å². The molecular weight excluding hydrogens is 342 g/mol. The van der Waals surface area contributed by atoms with Crippen molar-refractivity contribution in [3.8, 4) is 11.1 Å². The summed E-state index contributed by atoms with van der Waals surface area (Å²) >= 11 is 0. The predicted molar refractivity (Wildman–Crippen MR) is 104 cm³/mol. The van der Waals surface area contributed by atoms with Crippen LogP contribution in [0.25, 0.3) is 11.1 Å². The van der Waals surface area contributed by atoms with Crippen LogP contribution in [0.3, 0.4) is 0 Å². The Morgan fingerprint density at radius 3 is 2.37 bits per heavy atom. The van der Waals surface area contributed by atoms with E-state index in [2.05, 4.69) is 5.10 Å². The molecule has 27 heavy (non-hydrogen) atoms. The minimum Gasteiger partial charge on any atom is -0.478 e. The Morgan fingerprint density at radius 2 is 1.78 bits per heavy atom. The second-order valence-electron chi connectivity index (χ2n) is 6.72. The van der Waals surface area contributed by atoms with Gasteiger partial charge >= 0.3 is 11.7 Å². The second kappa shape index (κ2) is 7.61. The molecule has 0 radical (unpaired) electrons. The lowest BCUT2D eigenvalue weighted by Gasteiger charge is -2.08. The van der Waals surface area contributed by atoms with Gasteiger partial charge in [-0.2, -0.15) is 5.10 Å². The van der Waals surface area contributed by atoms with Crippen LogP contribution in [0, 0.1) is 0 Å². The highest BCUT2D eigenvalue weighted by Gasteiger charge is 2.15. The highest BCUT2D eigenvalue weighted by Crippen LogP contribution is 2.24. The molecule has 0 amide bonds. The number of nitrogens with zero attached hydrogens (tertiary/aromatic N) is 3. The first-order valence-electron chi connectivity index (χ1n) is 9.02. The molecule has 1 N–H and O–H groups in total. The number of carboxylic acids is 1. The topological polar surface area (TPSA) is 77.1 Å². The molecule has 3 aromatic rings. The van der Waals surface area contributed by atoms with E-state index in [1.54, 1.807) is 22.8 Å². The maximum atomic E-state index is 12.6. The maximum Gasteiger partial charge on any atom is 0.346 e. The fourth-order valence-electron chi connectivity index (χ4n) is 3.11. The molecule has 0 saturated heterocycles. The molecule has 0 saturated carbocycles. The summed E-state index contributed by atoms with van der Waals surface area (Å²) in [5, 5.41) is 13.8. The van der Waals surface area contributed by atoms with Crippen molar-refractivity contribution in [2.75, 3.05) is 0 Å². The Morgan fingerprint density at radius 1 is 1.11 bits per heavy atom. The average molecular weight is 365 g/mol. The van der Waals surface area contributed by atoms with Crippen LogP contribution >= 0.6 is 0 Å². The molecule has 0 fully saturated rings. The van der Waals surface area contributed by atoms with Crippen molar-refractivity contribution in [3.63, 3.8) is 0 Å². The highest BCUT2D eigenvalue weighted by atomic mass is 16.4. The summed E-state index contributed by atoms with van der Waals surface area (Å²) in [6, 6.07) is 14.6. The zero-order valence-electron chi connectivity index (χ0n) is 15.7. The molecular formula is C21H23N3O3. The zero-order valence-corrected chi connectivity index (χ0v) is 15.7. The molecule has 1 aromatic heterocycles. The van der Waals surface area contributed by atoms with Gasteiger partial charge in [0.05, 0.1) is 18.2 Å². The molecule has 2 aromatic carbocycles. The number of benzene rings is 2. The first kappa shape index (κ1) is 18.6. The van der Waals surface area contributed by atoms with Gasteiger partial charge < -0.3 is 5.11 Å². The molecule has 0 spiro atoms. The average Bonchev–Trinajstić information content (AvgIpc) is 2.98. The Bertz CT molecular complexity index is 1010.